The van der Waals surface area contributed by atoms with Crippen molar-refractivity contribution >= 4 is 11.9 Å². The summed E-state index contributed by atoms with van der Waals surface area (Å²) in [5.41, 5.74) is 0.416. The first-order chi connectivity index (χ1) is 8.92. The van der Waals surface area contributed by atoms with Gasteiger partial charge in [0.15, 0.2) is 5.82 Å². The maximum atomic E-state index is 11.6. The Morgan fingerprint density at radius 2 is 2.16 bits per heavy atom. The number of carbonyl (C=O) groups is 1. The number of ether oxygens (including phenoxy) is 1. The Morgan fingerprint density at radius 3 is 2.74 bits per heavy atom. The van der Waals surface area contributed by atoms with E-state index in [2.05, 4.69) is 15.3 Å². The highest BCUT2D eigenvalue weighted by atomic mass is 16.6. The first-order valence-corrected chi connectivity index (χ1v) is 6.73. The molecular formula is C14H21N3O2. The summed E-state index contributed by atoms with van der Waals surface area (Å²) < 4.78 is 5.18. The Bertz CT molecular complexity index is 450. The third-order valence-electron chi connectivity index (χ3n) is 3.04. The molecule has 1 aliphatic rings. The topological polar surface area (TPSA) is 64.1 Å². The van der Waals surface area contributed by atoms with Crippen LogP contribution in [-0.4, -0.2) is 21.7 Å². The molecule has 0 atom stereocenters. The zero-order valence-corrected chi connectivity index (χ0v) is 11.8. The number of rotatable bonds is 3. The van der Waals surface area contributed by atoms with E-state index in [1.165, 1.54) is 25.5 Å². The van der Waals surface area contributed by atoms with E-state index in [0.717, 1.165) is 18.0 Å². The summed E-state index contributed by atoms with van der Waals surface area (Å²) in [5.74, 6) is 1.18. The second kappa shape index (κ2) is 5.55. The molecule has 104 valence electrons. The summed E-state index contributed by atoms with van der Waals surface area (Å²) >= 11 is 0. The van der Waals surface area contributed by atoms with Crippen molar-refractivity contribution in [2.45, 2.75) is 52.1 Å². The van der Waals surface area contributed by atoms with Crippen LogP contribution < -0.4 is 5.32 Å². The number of carbonyl (C=O) groups excluding carboxylic acids is 1. The number of hydrogen-bond donors (Lipinski definition) is 1. The molecule has 5 nitrogen and oxygen atoms in total. The zero-order valence-electron chi connectivity index (χ0n) is 11.8. The molecule has 0 aromatic carbocycles. The third-order valence-corrected chi connectivity index (χ3v) is 3.04. The van der Waals surface area contributed by atoms with Gasteiger partial charge in [-0.3, -0.25) is 10.3 Å². The monoisotopic (exact) mass is 263 g/mol. The molecule has 0 unspecified atom stereocenters. The molecule has 1 fully saturated rings. The smallest absolute Gasteiger partial charge is 0.413 e. The van der Waals surface area contributed by atoms with Crippen LogP contribution in [0.2, 0.25) is 0 Å². The summed E-state index contributed by atoms with van der Waals surface area (Å²) in [5, 5.41) is 2.61. The minimum atomic E-state index is -0.513. The molecule has 1 amide bonds. The molecule has 5 heteroatoms. The van der Waals surface area contributed by atoms with E-state index in [4.69, 9.17) is 4.74 Å². The van der Waals surface area contributed by atoms with Crippen molar-refractivity contribution in [2.75, 3.05) is 5.32 Å². The summed E-state index contributed by atoms with van der Waals surface area (Å²) in [6.45, 7) is 5.47. The highest BCUT2D eigenvalue weighted by Gasteiger charge is 2.19. The van der Waals surface area contributed by atoms with Gasteiger partial charge >= 0.3 is 6.09 Å². The predicted molar refractivity (Wildman–Crippen MR) is 72.9 cm³/mol. The van der Waals surface area contributed by atoms with Crippen molar-refractivity contribution in [1.82, 2.24) is 9.97 Å². The van der Waals surface area contributed by atoms with Gasteiger partial charge in [0.05, 0.1) is 11.9 Å². The van der Waals surface area contributed by atoms with Crippen molar-refractivity contribution in [1.29, 1.82) is 0 Å². The van der Waals surface area contributed by atoms with Gasteiger partial charge in [0.2, 0.25) is 0 Å². The van der Waals surface area contributed by atoms with Gasteiger partial charge in [0, 0.05) is 6.20 Å². The molecule has 0 saturated heterocycles. The highest BCUT2D eigenvalue weighted by Crippen LogP contribution is 2.29. The first kappa shape index (κ1) is 13.8. The first-order valence-electron chi connectivity index (χ1n) is 6.73. The van der Waals surface area contributed by atoms with Crippen LogP contribution in [0.4, 0.5) is 10.6 Å². The molecule has 0 spiro atoms. The minimum Gasteiger partial charge on any atom is -0.444 e. The lowest BCUT2D eigenvalue weighted by atomic mass is 9.82. The maximum Gasteiger partial charge on any atom is 0.413 e. The number of aromatic nitrogens is 2. The molecule has 0 bridgehead atoms. The van der Waals surface area contributed by atoms with E-state index < -0.39 is 11.7 Å². The fraction of sp³-hybridized carbons (Fsp3) is 0.643. The molecule has 1 N–H and O–H groups in total. The molecule has 2 rings (SSSR count). The van der Waals surface area contributed by atoms with Gasteiger partial charge in [-0.25, -0.2) is 9.78 Å². The summed E-state index contributed by atoms with van der Waals surface area (Å²) in [7, 11) is 0. The van der Waals surface area contributed by atoms with Crippen molar-refractivity contribution in [2.24, 2.45) is 5.92 Å². The molecule has 19 heavy (non-hydrogen) atoms. The summed E-state index contributed by atoms with van der Waals surface area (Å²) in [6, 6.07) is 0. The van der Waals surface area contributed by atoms with Crippen LogP contribution in [-0.2, 0) is 11.2 Å². The molecule has 1 aromatic heterocycles. The zero-order chi connectivity index (χ0) is 13.9. The Morgan fingerprint density at radius 1 is 1.42 bits per heavy atom. The van der Waals surface area contributed by atoms with Gasteiger partial charge in [-0.15, -0.1) is 0 Å². The van der Waals surface area contributed by atoms with Crippen LogP contribution in [0, 0.1) is 5.92 Å². The predicted octanol–water partition coefficient (Wildman–Crippen LogP) is 3.17. The Balaban J connectivity index is 1.92. The Hall–Kier alpha value is -1.65. The largest absolute Gasteiger partial charge is 0.444 e. The van der Waals surface area contributed by atoms with E-state index >= 15 is 0 Å². The molecule has 1 heterocycles. The molecule has 1 aliphatic carbocycles. The number of amides is 1. The van der Waals surface area contributed by atoms with Gasteiger partial charge in [-0.1, -0.05) is 19.3 Å². The summed E-state index contributed by atoms with van der Waals surface area (Å²) in [6.07, 6.45) is 7.59. The van der Waals surface area contributed by atoms with Crippen LogP contribution in [0.3, 0.4) is 0 Å². The van der Waals surface area contributed by atoms with Gasteiger partial charge in [0.25, 0.3) is 0 Å². The van der Waals surface area contributed by atoms with Crippen molar-refractivity contribution in [3.8, 4) is 0 Å². The third kappa shape index (κ3) is 4.50. The van der Waals surface area contributed by atoms with Crippen LogP contribution in [0.15, 0.2) is 12.4 Å². The quantitative estimate of drug-likeness (QED) is 0.909. The van der Waals surface area contributed by atoms with Crippen molar-refractivity contribution in [3.63, 3.8) is 0 Å². The second-order valence-electron chi connectivity index (χ2n) is 6.02. The van der Waals surface area contributed by atoms with E-state index in [-0.39, 0.29) is 0 Å². The molecule has 0 aliphatic heterocycles. The molecular weight excluding hydrogens is 242 g/mol. The van der Waals surface area contributed by atoms with Gasteiger partial charge in [-0.2, -0.15) is 0 Å². The average molecular weight is 263 g/mol. The number of anilines is 1. The fourth-order valence-electron chi connectivity index (χ4n) is 1.97. The van der Waals surface area contributed by atoms with Crippen LogP contribution >= 0.6 is 0 Å². The second-order valence-corrected chi connectivity index (χ2v) is 6.02. The number of nitrogens with zero attached hydrogens (tertiary/aromatic N) is 2. The fourth-order valence-corrected chi connectivity index (χ4v) is 1.97. The molecule has 0 radical (unpaired) electrons. The van der Waals surface area contributed by atoms with Gasteiger partial charge < -0.3 is 4.74 Å². The Labute approximate surface area is 113 Å². The lowest BCUT2D eigenvalue weighted by Gasteiger charge is -2.24. The van der Waals surface area contributed by atoms with Gasteiger partial charge in [0.1, 0.15) is 5.60 Å². The van der Waals surface area contributed by atoms with Crippen molar-refractivity contribution < 1.29 is 9.53 Å². The lowest BCUT2D eigenvalue weighted by Crippen LogP contribution is -2.27. The molecule has 1 saturated carbocycles. The van der Waals surface area contributed by atoms with Crippen LogP contribution in [0.1, 0.15) is 45.7 Å². The SMILES string of the molecule is CC(C)(C)OC(=O)Nc1cncc(CC2CCC2)n1. The van der Waals surface area contributed by atoms with Crippen LogP contribution in [0.5, 0.6) is 0 Å². The number of hydrogen-bond acceptors (Lipinski definition) is 4. The van der Waals surface area contributed by atoms with E-state index in [9.17, 15) is 4.79 Å². The van der Waals surface area contributed by atoms with E-state index in [1.807, 2.05) is 20.8 Å². The van der Waals surface area contributed by atoms with Crippen molar-refractivity contribution in [3.05, 3.63) is 18.1 Å². The molecule has 1 aromatic rings. The average Bonchev–Trinajstić information content (AvgIpc) is 2.21. The minimum absolute atomic E-state index is 0.450. The Kier molecular flexibility index (Phi) is 4.02. The summed E-state index contributed by atoms with van der Waals surface area (Å²) in [4.78, 5) is 20.1. The van der Waals surface area contributed by atoms with E-state index in [1.54, 1.807) is 6.20 Å². The lowest BCUT2D eigenvalue weighted by molar-refractivity contribution is 0.0635. The van der Waals surface area contributed by atoms with Gasteiger partial charge in [-0.05, 0) is 33.1 Å². The highest BCUT2D eigenvalue weighted by molar-refractivity contribution is 5.83. The number of nitrogens with one attached hydrogen (secondary N) is 1. The normalized spacial score (nSPS) is 15.7. The van der Waals surface area contributed by atoms with E-state index in [0.29, 0.717) is 5.82 Å². The van der Waals surface area contributed by atoms with Crippen LogP contribution in [0.25, 0.3) is 0 Å². The maximum absolute atomic E-state index is 11.6. The standard InChI is InChI=1S/C14H21N3O2/c1-14(2,3)19-13(18)17-12-9-15-8-11(16-12)7-10-5-4-6-10/h8-10H,4-7H2,1-3H3,(H,16,17,18).